The quantitative estimate of drug-likeness (QED) is 0.447. The summed E-state index contributed by atoms with van der Waals surface area (Å²) < 4.78 is 20.2. The lowest BCUT2D eigenvalue weighted by Crippen LogP contribution is -2.33. The predicted molar refractivity (Wildman–Crippen MR) is 127 cm³/mol. The number of amides is 2. The number of aromatic nitrogens is 2. The van der Waals surface area contributed by atoms with Crippen LogP contribution >= 0.6 is 0 Å². The topological polar surface area (TPSA) is 76.5 Å². The fourth-order valence-electron chi connectivity index (χ4n) is 4.26. The number of imidazole rings is 1. The van der Waals surface area contributed by atoms with Crippen molar-refractivity contribution in [3.8, 4) is 5.75 Å². The molecule has 0 saturated heterocycles. The minimum Gasteiger partial charge on any atom is -0.497 e. The molecular formula is C26H23FN4O3. The molecule has 4 aromatic rings. The minimum atomic E-state index is -0.710. The Labute approximate surface area is 195 Å². The van der Waals surface area contributed by atoms with Gasteiger partial charge < -0.3 is 10.1 Å². The van der Waals surface area contributed by atoms with Gasteiger partial charge in [-0.3, -0.25) is 19.1 Å². The molecule has 1 N–H and O–H groups in total. The first-order chi connectivity index (χ1) is 16.5. The second kappa shape index (κ2) is 8.97. The molecule has 0 saturated carbocycles. The van der Waals surface area contributed by atoms with Gasteiger partial charge in [0.15, 0.2) is 0 Å². The summed E-state index contributed by atoms with van der Waals surface area (Å²) in [5.74, 6) is 0.432. The van der Waals surface area contributed by atoms with E-state index in [1.165, 1.54) is 24.3 Å². The smallest absolute Gasteiger partial charge is 0.253 e. The molecule has 2 amide bonds. The number of hydrogen-bond acceptors (Lipinski definition) is 4. The lowest BCUT2D eigenvalue weighted by molar-refractivity contribution is -0.124. The number of halogens is 1. The highest BCUT2D eigenvalue weighted by atomic mass is 19.1. The van der Waals surface area contributed by atoms with Crippen LogP contribution in [-0.4, -0.2) is 35.0 Å². The van der Waals surface area contributed by atoms with Gasteiger partial charge >= 0.3 is 0 Å². The Hall–Kier alpha value is -4.20. The summed E-state index contributed by atoms with van der Waals surface area (Å²) >= 11 is 0. The van der Waals surface area contributed by atoms with Crippen molar-refractivity contribution in [3.63, 3.8) is 0 Å². The maximum Gasteiger partial charge on any atom is 0.253 e. The second-order valence-corrected chi connectivity index (χ2v) is 8.13. The van der Waals surface area contributed by atoms with E-state index in [0.717, 1.165) is 22.3 Å². The van der Waals surface area contributed by atoms with E-state index in [1.807, 2.05) is 53.1 Å². The van der Waals surface area contributed by atoms with Gasteiger partial charge in [0, 0.05) is 12.2 Å². The Balaban J connectivity index is 1.39. The van der Waals surface area contributed by atoms with E-state index < -0.39 is 6.04 Å². The molecule has 0 unspecified atom stereocenters. The van der Waals surface area contributed by atoms with E-state index >= 15 is 0 Å². The summed E-state index contributed by atoms with van der Waals surface area (Å²) in [7, 11) is 1.62. The van der Waals surface area contributed by atoms with E-state index in [9.17, 15) is 14.0 Å². The van der Waals surface area contributed by atoms with Crippen molar-refractivity contribution < 1.29 is 18.7 Å². The maximum absolute atomic E-state index is 13.4. The van der Waals surface area contributed by atoms with Crippen molar-refractivity contribution in [2.45, 2.75) is 18.9 Å². The van der Waals surface area contributed by atoms with Gasteiger partial charge in [-0.05, 0) is 60.5 Å². The van der Waals surface area contributed by atoms with Crippen molar-refractivity contribution in [2.75, 3.05) is 23.9 Å². The monoisotopic (exact) mass is 458 g/mol. The zero-order chi connectivity index (χ0) is 23.7. The summed E-state index contributed by atoms with van der Waals surface area (Å²) in [6.45, 7) is 0.435. The third-order valence-corrected chi connectivity index (χ3v) is 5.97. The highest BCUT2D eigenvalue weighted by molar-refractivity contribution is 6.05. The first-order valence-electron chi connectivity index (χ1n) is 11.0. The third-order valence-electron chi connectivity index (χ3n) is 5.97. The molecule has 0 spiro atoms. The SMILES string of the molecule is COc1ccc(CCN2C(=O)[C@@H](CC(=O)Nc3ccc(F)cc3)n3c2nc2ccccc23)cc1. The lowest BCUT2D eigenvalue weighted by Gasteiger charge is -2.16. The summed E-state index contributed by atoms with van der Waals surface area (Å²) in [6, 6.07) is 20.1. The van der Waals surface area contributed by atoms with Gasteiger partial charge in [0.1, 0.15) is 17.6 Å². The molecule has 1 atom stereocenters. The Bertz CT molecular complexity index is 1350. The summed E-state index contributed by atoms with van der Waals surface area (Å²) in [5.41, 5.74) is 3.11. The lowest BCUT2D eigenvalue weighted by atomic mass is 10.1. The molecule has 0 radical (unpaired) electrons. The molecule has 3 aromatic carbocycles. The first-order valence-corrected chi connectivity index (χ1v) is 11.0. The van der Waals surface area contributed by atoms with E-state index in [1.54, 1.807) is 12.0 Å². The summed E-state index contributed by atoms with van der Waals surface area (Å²) in [4.78, 5) is 32.6. The van der Waals surface area contributed by atoms with E-state index in [2.05, 4.69) is 5.32 Å². The van der Waals surface area contributed by atoms with Gasteiger partial charge in [-0.2, -0.15) is 0 Å². The van der Waals surface area contributed by atoms with Gasteiger partial charge in [-0.25, -0.2) is 9.37 Å². The van der Waals surface area contributed by atoms with Crippen LogP contribution in [0.1, 0.15) is 18.0 Å². The number of carbonyl (C=O) groups excluding carboxylic acids is 2. The van der Waals surface area contributed by atoms with Gasteiger partial charge in [0.2, 0.25) is 11.9 Å². The summed E-state index contributed by atoms with van der Waals surface area (Å²) in [6.07, 6.45) is 0.579. The predicted octanol–water partition coefficient (Wildman–Crippen LogP) is 4.34. The number of nitrogens with zero attached hydrogens (tertiary/aromatic N) is 3. The van der Waals surface area contributed by atoms with Crippen molar-refractivity contribution in [2.24, 2.45) is 0 Å². The van der Waals surface area contributed by atoms with Crippen molar-refractivity contribution in [1.82, 2.24) is 9.55 Å². The number of ether oxygens (including phenoxy) is 1. The van der Waals surface area contributed by atoms with Gasteiger partial charge in [-0.15, -0.1) is 0 Å². The van der Waals surface area contributed by atoms with Crippen LogP contribution in [0.15, 0.2) is 72.8 Å². The molecule has 1 aromatic heterocycles. The standard InChI is InChI=1S/C26H23FN4O3/c1-34-20-12-6-17(7-13-20)14-15-30-25(33)23(16-24(32)28-19-10-8-18(27)9-11-19)31-22-5-3-2-4-21(22)29-26(30)31/h2-13,23H,14-16H2,1H3,(H,28,32)/t23-/m1/s1. The second-order valence-electron chi connectivity index (χ2n) is 8.13. The molecule has 1 aliphatic heterocycles. The molecule has 1 aliphatic rings. The van der Waals surface area contributed by atoms with Crippen LogP contribution in [0.5, 0.6) is 5.75 Å². The molecule has 0 aliphatic carbocycles. The van der Waals surface area contributed by atoms with Gasteiger partial charge in [0.25, 0.3) is 5.91 Å². The zero-order valence-electron chi connectivity index (χ0n) is 18.6. The average Bonchev–Trinajstić information content (AvgIpc) is 3.34. The number of fused-ring (bicyclic) bond motifs is 3. The largest absolute Gasteiger partial charge is 0.497 e. The highest BCUT2D eigenvalue weighted by Gasteiger charge is 2.40. The molecule has 7 nitrogen and oxygen atoms in total. The van der Waals surface area contributed by atoms with Crippen LogP contribution in [0.4, 0.5) is 16.0 Å². The number of nitrogens with one attached hydrogen (secondary N) is 1. The normalized spacial score (nSPS) is 14.9. The van der Waals surface area contributed by atoms with Crippen LogP contribution < -0.4 is 15.0 Å². The van der Waals surface area contributed by atoms with Crippen molar-refractivity contribution in [1.29, 1.82) is 0 Å². The molecule has 5 rings (SSSR count). The average molecular weight is 458 g/mol. The number of anilines is 2. The zero-order valence-corrected chi connectivity index (χ0v) is 18.6. The van der Waals surface area contributed by atoms with E-state index in [-0.39, 0.29) is 24.1 Å². The highest BCUT2D eigenvalue weighted by Crippen LogP contribution is 2.36. The summed E-state index contributed by atoms with van der Waals surface area (Å²) in [5, 5.41) is 2.75. The molecule has 0 bridgehead atoms. The Kier molecular flexibility index (Phi) is 5.71. The molecule has 172 valence electrons. The number of para-hydroxylation sites is 2. The number of rotatable bonds is 7. The fourth-order valence-corrected chi connectivity index (χ4v) is 4.26. The van der Waals surface area contributed by atoms with E-state index in [0.29, 0.717) is 24.6 Å². The Morgan fingerprint density at radius 2 is 1.79 bits per heavy atom. The minimum absolute atomic E-state index is 0.0530. The maximum atomic E-state index is 13.4. The van der Waals surface area contributed by atoms with Gasteiger partial charge in [0.05, 0.1) is 24.6 Å². The number of hydrogen-bond donors (Lipinski definition) is 1. The molecule has 8 heteroatoms. The number of methoxy groups -OCH3 is 1. The van der Waals surface area contributed by atoms with Crippen LogP contribution in [0.2, 0.25) is 0 Å². The van der Waals surface area contributed by atoms with Crippen LogP contribution in [0.3, 0.4) is 0 Å². The molecule has 0 fully saturated rings. The van der Waals surface area contributed by atoms with Crippen molar-refractivity contribution >= 4 is 34.5 Å². The Morgan fingerprint density at radius 3 is 2.53 bits per heavy atom. The van der Waals surface area contributed by atoms with Crippen molar-refractivity contribution in [3.05, 3.63) is 84.2 Å². The van der Waals surface area contributed by atoms with Crippen LogP contribution in [0.25, 0.3) is 11.0 Å². The Morgan fingerprint density at radius 1 is 1.06 bits per heavy atom. The van der Waals surface area contributed by atoms with Crippen LogP contribution in [-0.2, 0) is 16.0 Å². The van der Waals surface area contributed by atoms with Crippen LogP contribution in [0, 0.1) is 5.82 Å². The fraction of sp³-hybridized carbons (Fsp3) is 0.192. The molecule has 2 heterocycles. The van der Waals surface area contributed by atoms with Gasteiger partial charge in [-0.1, -0.05) is 24.3 Å². The number of carbonyl (C=O) groups is 2. The van der Waals surface area contributed by atoms with E-state index in [4.69, 9.17) is 9.72 Å². The molecular weight excluding hydrogens is 435 g/mol. The first kappa shape index (κ1) is 21.6. The third kappa shape index (κ3) is 4.10. The number of benzene rings is 3. The molecule has 34 heavy (non-hydrogen) atoms.